The van der Waals surface area contributed by atoms with Crippen molar-refractivity contribution < 1.29 is 54.0 Å². The van der Waals surface area contributed by atoms with Gasteiger partial charge in [0.2, 0.25) is 17.7 Å². The molecular formula is C20H33N5O11. The fourth-order valence-electron chi connectivity index (χ4n) is 2.91. The lowest BCUT2D eigenvalue weighted by Crippen LogP contribution is -2.57. The van der Waals surface area contributed by atoms with Gasteiger partial charge in [-0.05, 0) is 38.6 Å². The van der Waals surface area contributed by atoms with Crippen LogP contribution in [0.15, 0.2) is 0 Å². The third-order valence-corrected chi connectivity index (χ3v) is 4.86. The summed E-state index contributed by atoms with van der Waals surface area (Å²) >= 11 is 0. The second-order valence-corrected chi connectivity index (χ2v) is 7.88. The molecule has 0 bridgehead atoms. The number of carboxylic acids is 4. The topological polar surface area (TPSA) is 289 Å². The molecule has 204 valence electrons. The van der Waals surface area contributed by atoms with Crippen LogP contribution in [0, 0.1) is 0 Å². The summed E-state index contributed by atoms with van der Waals surface area (Å²) in [6.07, 6.45) is -1.81. The van der Waals surface area contributed by atoms with E-state index in [9.17, 15) is 33.6 Å². The molecule has 0 aromatic heterocycles. The second-order valence-electron chi connectivity index (χ2n) is 7.88. The van der Waals surface area contributed by atoms with Gasteiger partial charge in [0.25, 0.3) is 0 Å². The van der Waals surface area contributed by atoms with E-state index in [1.54, 1.807) is 0 Å². The Morgan fingerprint density at radius 3 is 1.56 bits per heavy atom. The highest BCUT2D eigenvalue weighted by atomic mass is 16.4. The van der Waals surface area contributed by atoms with Crippen LogP contribution in [-0.4, -0.2) is 92.7 Å². The molecular weight excluding hydrogens is 486 g/mol. The van der Waals surface area contributed by atoms with Crippen LogP contribution in [0.2, 0.25) is 0 Å². The number of carbonyl (C=O) groups is 7. The minimum Gasteiger partial charge on any atom is -0.481 e. The molecule has 16 heteroatoms. The first-order chi connectivity index (χ1) is 16.8. The summed E-state index contributed by atoms with van der Waals surface area (Å²) in [5, 5.41) is 42.3. The van der Waals surface area contributed by atoms with Crippen LogP contribution < -0.4 is 27.4 Å². The van der Waals surface area contributed by atoms with E-state index in [1.165, 1.54) is 0 Å². The largest absolute Gasteiger partial charge is 0.481 e. The standard InChI is InChI=1S/C20H33N5O11/c21-8-2-1-3-11(18(33)25-13(20(35)36)9-16(30)31)24-19(34)12(5-7-15(28)29)23-17(32)10(22)4-6-14(26)27/h10-13H,1-9,21-22H2,(H,23,32)(H,24,34)(H,25,33)(H,26,27)(H,28,29)(H,30,31)(H,35,36). The van der Waals surface area contributed by atoms with Crippen molar-refractivity contribution in [1.29, 1.82) is 0 Å². The Kier molecular flexibility index (Phi) is 15.0. The minimum atomic E-state index is -1.78. The summed E-state index contributed by atoms with van der Waals surface area (Å²) in [6.45, 7) is 0.255. The molecule has 0 aliphatic carbocycles. The molecule has 0 heterocycles. The lowest BCUT2D eigenvalue weighted by molar-refractivity contribution is -0.147. The lowest BCUT2D eigenvalue weighted by atomic mass is 10.0. The van der Waals surface area contributed by atoms with Crippen LogP contribution >= 0.6 is 0 Å². The molecule has 3 amide bonds. The monoisotopic (exact) mass is 519 g/mol. The summed E-state index contributed by atoms with van der Waals surface area (Å²) in [7, 11) is 0. The van der Waals surface area contributed by atoms with Crippen molar-refractivity contribution in [1.82, 2.24) is 16.0 Å². The quantitative estimate of drug-likeness (QED) is 0.0779. The van der Waals surface area contributed by atoms with E-state index in [0.717, 1.165) is 0 Å². The summed E-state index contributed by atoms with van der Waals surface area (Å²) in [4.78, 5) is 81.6. The van der Waals surface area contributed by atoms with E-state index in [1.807, 2.05) is 5.32 Å². The van der Waals surface area contributed by atoms with Crippen LogP contribution in [-0.2, 0) is 33.6 Å². The number of carbonyl (C=O) groups excluding carboxylic acids is 3. The number of unbranched alkanes of at least 4 members (excludes halogenated alkanes) is 1. The van der Waals surface area contributed by atoms with E-state index in [0.29, 0.717) is 12.8 Å². The van der Waals surface area contributed by atoms with Crippen LogP contribution in [0.5, 0.6) is 0 Å². The van der Waals surface area contributed by atoms with Crippen LogP contribution in [0.25, 0.3) is 0 Å². The normalized spacial score (nSPS) is 13.9. The SMILES string of the molecule is NCCCCC(NC(=O)C(CCC(=O)O)NC(=O)C(N)CCC(=O)O)C(=O)NC(CC(=O)O)C(=O)O. The maximum atomic E-state index is 12.9. The Balaban J connectivity index is 5.58. The molecule has 0 fully saturated rings. The average Bonchev–Trinajstić information content (AvgIpc) is 2.78. The van der Waals surface area contributed by atoms with Gasteiger partial charge in [0, 0.05) is 12.8 Å². The number of amides is 3. The molecule has 0 saturated carbocycles. The Bertz CT molecular complexity index is 820. The predicted octanol–water partition coefficient (Wildman–Crippen LogP) is -2.81. The van der Waals surface area contributed by atoms with E-state index in [4.69, 9.17) is 31.9 Å². The molecule has 0 spiro atoms. The minimum absolute atomic E-state index is 0.0219. The van der Waals surface area contributed by atoms with Crippen molar-refractivity contribution in [3.05, 3.63) is 0 Å². The Labute approximate surface area is 205 Å². The molecule has 36 heavy (non-hydrogen) atoms. The van der Waals surface area contributed by atoms with E-state index < -0.39 is 91.4 Å². The van der Waals surface area contributed by atoms with Gasteiger partial charge in [0.1, 0.15) is 18.1 Å². The predicted molar refractivity (Wildman–Crippen MR) is 120 cm³/mol. The maximum Gasteiger partial charge on any atom is 0.326 e. The molecule has 0 radical (unpaired) electrons. The molecule has 0 aliphatic rings. The van der Waals surface area contributed by atoms with Gasteiger partial charge in [-0.2, -0.15) is 0 Å². The van der Waals surface area contributed by atoms with Gasteiger partial charge < -0.3 is 47.8 Å². The number of aliphatic carboxylic acids is 4. The summed E-state index contributed by atoms with van der Waals surface area (Å²) in [6, 6.07) is -5.91. The Hall–Kier alpha value is -3.79. The Morgan fingerprint density at radius 2 is 1.08 bits per heavy atom. The van der Waals surface area contributed by atoms with Gasteiger partial charge in [-0.3, -0.25) is 28.8 Å². The van der Waals surface area contributed by atoms with Crippen LogP contribution in [0.3, 0.4) is 0 Å². The highest BCUT2D eigenvalue weighted by Crippen LogP contribution is 2.06. The van der Waals surface area contributed by atoms with Crippen molar-refractivity contribution in [3.63, 3.8) is 0 Å². The summed E-state index contributed by atoms with van der Waals surface area (Å²) < 4.78 is 0. The molecule has 0 aliphatic heterocycles. The number of nitrogens with one attached hydrogen (secondary N) is 3. The lowest BCUT2D eigenvalue weighted by Gasteiger charge is -2.25. The molecule has 4 unspecified atom stereocenters. The maximum absolute atomic E-state index is 12.9. The van der Waals surface area contributed by atoms with E-state index in [2.05, 4.69) is 10.6 Å². The highest BCUT2D eigenvalue weighted by Gasteiger charge is 2.31. The van der Waals surface area contributed by atoms with Gasteiger partial charge >= 0.3 is 23.9 Å². The summed E-state index contributed by atoms with van der Waals surface area (Å²) in [5.74, 6) is -8.48. The van der Waals surface area contributed by atoms with E-state index >= 15 is 0 Å². The fraction of sp³-hybridized carbons (Fsp3) is 0.650. The van der Waals surface area contributed by atoms with Crippen LogP contribution in [0.4, 0.5) is 0 Å². The smallest absolute Gasteiger partial charge is 0.326 e. The number of nitrogens with two attached hydrogens (primary N) is 2. The van der Waals surface area contributed by atoms with Gasteiger partial charge in [0.05, 0.1) is 12.5 Å². The third-order valence-electron chi connectivity index (χ3n) is 4.86. The van der Waals surface area contributed by atoms with Crippen molar-refractivity contribution in [2.45, 2.75) is 75.5 Å². The van der Waals surface area contributed by atoms with Gasteiger partial charge in [-0.15, -0.1) is 0 Å². The van der Waals surface area contributed by atoms with Gasteiger partial charge in [-0.25, -0.2) is 4.79 Å². The number of hydrogen-bond donors (Lipinski definition) is 9. The average molecular weight is 520 g/mol. The van der Waals surface area contributed by atoms with Crippen molar-refractivity contribution in [3.8, 4) is 0 Å². The molecule has 0 saturated heterocycles. The molecule has 11 N–H and O–H groups in total. The number of rotatable bonds is 19. The molecule has 0 aromatic rings. The highest BCUT2D eigenvalue weighted by molar-refractivity contribution is 5.94. The fourth-order valence-corrected chi connectivity index (χ4v) is 2.91. The first kappa shape index (κ1) is 32.2. The molecule has 16 nitrogen and oxygen atoms in total. The number of carboxylic acid groups (broad SMARTS) is 4. The molecule has 4 atom stereocenters. The zero-order chi connectivity index (χ0) is 27.8. The second kappa shape index (κ2) is 16.8. The van der Waals surface area contributed by atoms with E-state index in [-0.39, 0.29) is 19.4 Å². The third kappa shape index (κ3) is 13.8. The van der Waals surface area contributed by atoms with Crippen molar-refractivity contribution in [2.75, 3.05) is 6.54 Å². The first-order valence-electron chi connectivity index (χ1n) is 11.0. The van der Waals surface area contributed by atoms with Gasteiger partial charge in [0.15, 0.2) is 0 Å². The van der Waals surface area contributed by atoms with Gasteiger partial charge in [-0.1, -0.05) is 0 Å². The van der Waals surface area contributed by atoms with Crippen molar-refractivity contribution in [2.24, 2.45) is 11.5 Å². The Morgan fingerprint density at radius 1 is 0.611 bits per heavy atom. The zero-order valence-corrected chi connectivity index (χ0v) is 19.5. The molecule has 0 aromatic carbocycles. The first-order valence-corrected chi connectivity index (χ1v) is 11.0. The van der Waals surface area contributed by atoms with Crippen LogP contribution in [0.1, 0.15) is 51.4 Å². The summed E-state index contributed by atoms with van der Waals surface area (Å²) in [5.41, 5.74) is 11.0. The molecule has 0 rings (SSSR count). The number of hydrogen-bond acceptors (Lipinski definition) is 9. The zero-order valence-electron chi connectivity index (χ0n) is 19.5. The van der Waals surface area contributed by atoms with Crippen molar-refractivity contribution >= 4 is 41.6 Å².